The average molecular weight is 227 g/mol. The van der Waals surface area contributed by atoms with Gasteiger partial charge in [-0.15, -0.1) is 0 Å². The van der Waals surface area contributed by atoms with Crippen molar-refractivity contribution in [1.82, 2.24) is 0 Å². The largest absolute Gasteiger partial charge is 0.394 e. The second-order valence-electron chi connectivity index (χ2n) is 2.05. The van der Waals surface area contributed by atoms with E-state index in [9.17, 15) is 4.79 Å². The van der Waals surface area contributed by atoms with E-state index in [1.165, 1.54) is 12.8 Å². The predicted molar refractivity (Wildman–Crippen MR) is 54.2 cm³/mol. The minimum atomic E-state index is -4.67. The molecule has 14 heavy (non-hydrogen) atoms. The lowest BCUT2D eigenvalue weighted by molar-refractivity contribution is -0.113. The number of hydrogen-bond donors (Lipinski definition) is 3. The Morgan fingerprint density at radius 3 is 1.50 bits per heavy atom. The monoisotopic (exact) mass is 227 g/mol. The van der Waals surface area contributed by atoms with Crippen LogP contribution in [0.2, 0.25) is 0 Å². The molecule has 0 aliphatic rings. The zero-order valence-corrected chi connectivity index (χ0v) is 9.12. The fourth-order valence-electron chi connectivity index (χ4n) is 0. The van der Waals surface area contributed by atoms with Crippen LogP contribution in [0, 0.1) is 0 Å². The molecule has 0 heterocycles. The number of primary amides is 1. The maximum Gasteiger partial charge on any atom is 0.394 e. The van der Waals surface area contributed by atoms with Gasteiger partial charge in [0.15, 0.2) is 0 Å². The Morgan fingerprint density at radius 1 is 1.36 bits per heavy atom. The summed E-state index contributed by atoms with van der Waals surface area (Å²) in [4.78, 5) is 9.47. The van der Waals surface area contributed by atoms with Gasteiger partial charge in [-0.3, -0.25) is 13.9 Å². The first-order chi connectivity index (χ1) is 6.18. The van der Waals surface area contributed by atoms with Gasteiger partial charge in [0.05, 0.1) is 0 Å². The molecule has 0 saturated carbocycles. The van der Waals surface area contributed by atoms with Crippen molar-refractivity contribution in [1.29, 1.82) is 0 Å². The summed E-state index contributed by atoms with van der Waals surface area (Å²) in [6.45, 7) is 7.45. The molecule has 0 unspecified atom stereocenters. The molecule has 4 N–H and O–H groups in total. The smallest absolute Gasteiger partial charge is 0.366 e. The fourth-order valence-corrected chi connectivity index (χ4v) is 0. The summed E-state index contributed by atoms with van der Waals surface area (Å²) in [5, 5.41) is 0. The lowest BCUT2D eigenvalue weighted by atomic mass is 10.4. The van der Waals surface area contributed by atoms with Crippen molar-refractivity contribution >= 4 is 16.3 Å². The molecule has 0 aliphatic carbocycles. The molecule has 0 aromatic carbocycles. The maximum atomic E-state index is 9.47. The number of nitrogens with two attached hydrogens (primary N) is 1. The molecule has 0 aromatic rings. The summed E-state index contributed by atoms with van der Waals surface area (Å²) in [7, 11) is -4.67. The second-order valence-corrected chi connectivity index (χ2v) is 2.95. The molecule has 0 aromatic heterocycles. The topological polar surface area (TPSA) is 118 Å². The molecule has 0 saturated heterocycles. The molecule has 1 amide bonds. The van der Waals surface area contributed by atoms with E-state index >= 15 is 0 Å². The van der Waals surface area contributed by atoms with E-state index < -0.39 is 16.3 Å². The molecular weight excluding hydrogens is 210 g/mol. The SMILES string of the molecule is C=CC(N)=O.CCCC.O=S(=O)(O)O. The molecule has 0 fully saturated rings. The number of amides is 1. The second kappa shape index (κ2) is 12.1. The Kier molecular flexibility index (Phi) is 16.2. The van der Waals surface area contributed by atoms with Gasteiger partial charge < -0.3 is 5.73 Å². The van der Waals surface area contributed by atoms with Gasteiger partial charge in [0.2, 0.25) is 5.91 Å². The zero-order valence-electron chi connectivity index (χ0n) is 8.30. The first-order valence-electron chi connectivity index (χ1n) is 3.80. The third kappa shape index (κ3) is 260. The van der Waals surface area contributed by atoms with Gasteiger partial charge in [-0.25, -0.2) is 0 Å². The number of carbonyl (C=O) groups is 1. The van der Waals surface area contributed by atoms with Gasteiger partial charge in [-0.05, 0) is 6.08 Å². The van der Waals surface area contributed by atoms with Crippen molar-refractivity contribution < 1.29 is 22.3 Å². The number of carbonyl (C=O) groups excluding carboxylic acids is 1. The highest BCUT2D eigenvalue weighted by Gasteiger charge is 1.84. The van der Waals surface area contributed by atoms with E-state index in [-0.39, 0.29) is 0 Å². The van der Waals surface area contributed by atoms with Gasteiger partial charge in [0, 0.05) is 0 Å². The fraction of sp³-hybridized carbons (Fsp3) is 0.571. The van der Waals surface area contributed by atoms with Crippen LogP contribution in [-0.2, 0) is 15.2 Å². The maximum absolute atomic E-state index is 9.47. The number of hydrogen-bond acceptors (Lipinski definition) is 3. The summed E-state index contributed by atoms with van der Waals surface area (Å²) >= 11 is 0. The molecule has 7 heteroatoms. The van der Waals surface area contributed by atoms with E-state index in [0.717, 1.165) is 6.08 Å². The zero-order chi connectivity index (χ0) is 12.2. The summed E-state index contributed by atoms with van der Waals surface area (Å²) in [6.07, 6.45) is 3.69. The molecular formula is C7H17NO5S. The molecule has 0 rings (SSSR count). The van der Waals surface area contributed by atoms with E-state index in [1.54, 1.807) is 0 Å². The Morgan fingerprint density at radius 2 is 1.50 bits per heavy atom. The molecule has 0 bridgehead atoms. The van der Waals surface area contributed by atoms with Crippen LogP contribution >= 0.6 is 0 Å². The third-order valence-electron chi connectivity index (χ3n) is 0.701. The van der Waals surface area contributed by atoms with Gasteiger partial charge in [0.1, 0.15) is 0 Å². The van der Waals surface area contributed by atoms with Crippen molar-refractivity contribution in [3.63, 3.8) is 0 Å². The van der Waals surface area contributed by atoms with Crippen LogP contribution in [0.1, 0.15) is 26.7 Å². The summed E-state index contributed by atoms with van der Waals surface area (Å²) in [5.74, 6) is -0.481. The molecule has 0 atom stereocenters. The first kappa shape index (κ1) is 18.8. The van der Waals surface area contributed by atoms with Crippen molar-refractivity contribution in [2.75, 3.05) is 0 Å². The normalized spacial score (nSPS) is 8.57. The van der Waals surface area contributed by atoms with E-state index in [2.05, 4.69) is 26.2 Å². The van der Waals surface area contributed by atoms with Crippen molar-refractivity contribution in [3.8, 4) is 0 Å². The third-order valence-corrected chi connectivity index (χ3v) is 0.701. The summed E-state index contributed by atoms with van der Waals surface area (Å²) < 4.78 is 31.6. The molecule has 0 aliphatic heterocycles. The Bertz CT molecular complexity index is 224. The van der Waals surface area contributed by atoms with Crippen molar-refractivity contribution in [3.05, 3.63) is 12.7 Å². The summed E-state index contributed by atoms with van der Waals surface area (Å²) in [6, 6.07) is 0. The van der Waals surface area contributed by atoms with Crippen LogP contribution in [0.15, 0.2) is 12.7 Å². The highest BCUT2D eigenvalue weighted by Crippen LogP contribution is 1.76. The summed E-state index contributed by atoms with van der Waals surface area (Å²) in [5.41, 5.74) is 4.53. The molecule has 0 spiro atoms. The standard InChI is InChI=1S/C4H10.C3H5NO.H2O4S/c1-3-4-2;1-2-3(4)5;1-5(2,3)4/h3-4H2,1-2H3;2H,1H2,(H2,4,5);(H2,1,2,3,4). The molecule has 0 radical (unpaired) electrons. The van der Waals surface area contributed by atoms with Crippen LogP contribution in [-0.4, -0.2) is 23.4 Å². The quantitative estimate of drug-likeness (QED) is 0.476. The Hall–Kier alpha value is -0.920. The first-order valence-corrected chi connectivity index (χ1v) is 5.20. The molecule has 86 valence electrons. The van der Waals surface area contributed by atoms with Gasteiger partial charge in [-0.1, -0.05) is 33.3 Å². The van der Waals surface area contributed by atoms with Gasteiger partial charge >= 0.3 is 10.4 Å². The van der Waals surface area contributed by atoms with Crippen LogP contribution < -0.4 is 5.73 Å². The van der Waals surface area contributed by atoms with Crippen LogP contribution in [0.3, 0.4) is 0 Å². The molecule has 6 nitrogen and oxygen atoms in total. The number of unbranched alkanes of at least 4 members (excludes halogenated alkanes) is 1. The lowest BCUT2D eigenvalue weighted by Crippen LogP contribution is -2.04. The minimum absolute atomic E-state index is 0.481. The van der Waals surface area contributed by atoms with Crippen molar-refractivity contribution in [2.45, 2.75) is 26.7 Å². The predicted octanol–water partition coefficient (Wildman–Crippen LogP) is 0.811. The van der Waals surface area contributed by atoms with Crippen LogP contribution in [0.4, 0.5) is 0 Å². The van der Waals surface area contributed by atoms with Gasteiger partial charge in [-0.2, -0.15) is 8.42 Å². The Labute approximate surface area is 84.4 Å². The Balaban J connectivity index is -0.000000131. The average Bonchev–Trinajstić information content (AvgIpc) is 2.02. The van der Waals surface area contributed by atoms with Crippen LogP contribution in [0.25, 0.3) is 0 Å². The van der Waals surface area contributed by atoms with Crippen LogP contribution in [0.5, 0.6) is 0 Å². The minimum Gasteiger partial charge on any atom is -0.366 e. The lowest BCUT2D eigenvalue weighted by Gasteiger charge is -1.68. The van der Waals surface area contributed by atoms with E-state index in [1.807, 2.05) is 0 Å². The number of rotatable bonds is 2. The highest BCUT2D eigenvalue weighted by atomic mass is 32.3. The van der Waals surface area contributed by atoms with Crippen molar-refractivity contribution in [2.24, 2.45) is 5.73 Å². The highest BCUT2D eigenvalue weighted by molar-refractivity contribution is 7.79. The van der Waals surface area contributed by atoms with E-state index in [4.69, 9.17) is 17.5 Å². The van der Waals surface area contributed by atoms with Gasteiger partial charge in [0.25, 0.3) is 0 Å². The van der Waals surface area contributed by atoms with E-state index in [0.29, 0.717) is 0 Å².